The van der Waals surface area contributed by atoms with Crippen molar-refractivity contribution in [1.82, 2.24) is 10.6 Å². The van der Waals surface area contributed by atoms with Crippen molar-refractivity contribution in [3.63, 3.8) is 0 Å². The van der Waals surface area contributed by atoms with Gasteiger partial charge in [0.15, 0.2) is 0 Å². The maximum atomic E-state index is 13.6. The van der Waals surface area contributed by atoms with Gasteiger partial charge in [0, 0.05) is 11.2 Å². The molecule has 0 fully saturated rings. The summed E-state index contributed by atoms with van der Waals surface area (Å²) in [5, 5.41) is 7.70. The minimum Gasteiger partial charge on any atom is -0.495 e. The Morgan fingerprint density at radius 3 is 2.34 bits per heavy atom. The maximum absolute atomic E-state index is 13.6. The first-order valence-electron chi connectivity index (χ1n) is 10.9. The largest absolute Gasteiger partial charge is 0.495 e. The van der Waals surface area contributed by atoms with Crippen LogP contribution in [0.25, 0.3) is 0 Å². The van der Waals surface area contributed by atoms with Gasteiger partial charge in [-0.3, -0.25) is 19.3 Å². The van der Waals surface area contributed by atoms with E-state index in [1.165, 1.54) is 23.3 Å². The van der Waals surface area contributed by atoms with E-state index >= 15 is 0 Å². The van der Waals surface area contributed by atoms with E-state index in [9.17, 15) is 14.4 Å². The van der Waals surface area contributed by atoms with Gasteiger partial charge in [0.05, 0.1) is 23.6 Å². The highest BCUT2D eigenvalue weighted by Crippen LogP contribution is 2.34. The number of amides is 3. The topological polar surface area (TPSA) is 87.7 Å². The molecule has 0 aliphatic rings. The molecule has 1 heterocycles. The van der Waals surface area contributed by atoms with E-state index in [1.807, 2.05) is 26.8 Å². The van der Waals surface area contributed by atoms with Gasteiger partial charge in [-0.1, -0.05) is 48.0 Å². The zero-order chi connectivity index (χ0) is 25.6. The number of ether oxygens (including phenoxy) is 1. The number of methoxy groups -OCH3 is 1. The molecule has 9 heteroatoms. The second-order valence-corrected chi connectivity index (χ2v) is 10.1. The van der Waals surface area contributed by atoms with E-state index in [-0.39, 0.29) is 23.4 Å². The fourth-order valence-electron chi connectivity index (χ4n) is 3.47. The molecule has 0 saturated heterocycles. The maximum Gasteiger partial charge on any atom is 0.261 e. The Balaban J connectivity index is 2.04. The Labute approximate surface area is 214 Å². The molecule has 3 rings (SSSR count). The Morgan fingerprint density at radius 1 is 1.06 bits per heavy atom. The Hall–Kier alpha value is -3.36. The molecule has 35 heavy (non-hydrogen) atoms. The van der Waals surface area contributed by atoms with Crippen molar-refractivity contribution < 1.29 is 19.1 Å². The predicted octanol–water partition coefficient (Wildman–Crippen LogP) is 4.83. The first kappa shape index (κ1) is 26.2. The average Bonchev–Trinajstić information content (AvgIpc) is 3.35. The number of halogens is 1. The number of hydrogen-bond donors (Lipinski definition) is 2. The first-order chi connectivity index (χ1) is 16.6. The minimum atomic E-state index is -1.01. The van der Waals surface area contributed by atoms with Crippen LogP contribution in [-0.2, 0) is 9.59 Å². The fourth-order valence-corrected chi connectivity index (χ4v) is 4.36. The van der Waals surface area contributed by atoms with Gasteiger partial charge in [-0.15, -0.1) is 11.3 Å². The van der Waals surface area contributed by atoms with Gasteiger partial charge in [0.2, 0.25) is 11.8 Å². The molecule has 0 radical (unpaired) electrons. The molecule has 184 valence electrons. The number of nitrogens with zero attached hydrogens (tertiary/aromatic N) is 1. The molecule has 0 spiro atoms. The highest BCUT2D eigenvalue weighted by molar-refractivity contribution is 7.12. The van der Waals surface area contributed by atoms with Crippen molar-refractivity contribution in [3.05, 3.63) is 81.5 Å². The molecule has 3 amide bonds. The number of nitrogens with one attached hydrogen (secondary N) is 2. The van der Waals surface area contributed by atoms with Crippen molar-refractivity contribution >= 4 is 46.3 Å². The number of thiophene rings is 1. The number of rotatable bonds is 8. The van der Waals surface area contributed by atoms with Crippen LogP contribution in [0.1, 0.15) is 42.0 Å². The Morgan fingerprint density at radius 2 is 1.77 bits per heavy atom. The summed E-state index contributed by atoms with van der Waals surface area (Å²) in [6, 6.07) is 16.3. The molecule has 1 atom stereocenters. The van der Waals surface area contributed by atoms with Crippen LogP contribution in [0.3, 0.4) is 0 Å². The average molecular weight is 514 g/mol. The third-order valence-electron chi connectivity index (χ3n) is 4.95. The summed E-state index contributed by atoms with van der Waals surface area (Å²) in [5.74, 6) is -0.775. The number of carbonyl (C=O) groups excluding carboxylic acids is 3. The number of hydrogen-bond acceptors (Lipinski definition) is 5. The van der Waals surface area contributed by atoms with Gasteiger partial charge in [0.1, 0.15) is 11.8 Å². The smallest absolute Gasteiger partial charge is 0.261 e. The third kappa shape index (κ3) is 6.83. The highest BCUT2D eigenvalue weighted by Gasteiger charge is 2.34. The summed E-state index contributed by atoms with van der Waals surface area (Å²) in [6.07, 6.45) is 0. The molecular formula is C26H28ClN3O4S. The van der Waals surface area contributed by atoms with Crippen LogP contribution >= 0.6 is 22.9 Å². The van der Waals surface area contributed by atoms with Crippen LogP contribution in [-0.4, -0.2) is 36.9 Å². The summed E-state index contributed by atoms with van der Waals surface area (Å²) in [7, 11) is 1.49. The van der Waals surface area contributed by atoms with Crippen LogP contribution < -0.4 is 20.3 Å². The molecule has 3 aromatic rings. The summed E-state index contributed by atoms with van der Waals surface area (Å²) in [5.41, 5.74) is 0.465. The molecule has 0 unspecified atom stereocenters. The van der Waals surface area contributed by atoms with Gasteiger partial charge >= 0.3 is 0 Å². The third-order valence-corrected chi connectivity index (χ3v) is 6.11. The number of carbonyl (C=O) groups is 3. The summed E-state index contributed by atoms with van der Waals surface area (Å²) >= 11 is 7.65. The zero-order valence-corrected chi connectivity index (χ0v) is 21.6. The van der Waals surface area contributed by atoms with Crippen molar-refractivity contribution in [3.8, 4) is 5.75 Å². The second kappa shape index (κ2) is 11.4. The van der Waals surface area contributed by atoms with Crippen LogP contribution in [0.5, 0.6) is 5.75 Å². The number of benzene rings is 2. The van der Waals surface area contributed by atoms with Gasteiger partial charge in [-0.25, -0.2) is 0 Å². The number of anilines is 1. The van der Waals surface area contributed by atoms with Crippen molar-refractivity contribution in [2.75, 3.05) is 18.6 Å². The van der Waals surface area contributed by atoms with Gasteiger partial charge in [0.25, 0.3) is 5.91 Å². The Bertz CT molecular complexity index is 1180. The van der Waals surface area contributed by atoms with Crippen molar-refractivity contribution in [2.45, 2.75) is 32.4 Å². The quantitative estimate of drug-likeness (QED) is 0.451. The molecule has 0 saturated carbocycles. The highest BCUT2D eigenvalue weighted by atomic mass is 35.5. The van der Waals surface area contributed by atoms with Crippen LogP contribution in [0.4, 0.5) is 5.69 Å². The van der Waals surface area contributed by atoms with Crippen molar-refractivity contribution in [1.29, 1.82) is 0 Å². The minimum absolute atomic E-state index is 0.286. The summed E-state index contributed by atoms with van der Waals surface area (Å²) in [6.45, 7) is 5.28. The van der Waals surface area contributed by atoms with Crippen LogP contribution in [0.15, 0.2) is 66.0 Å². The Kier molecular flexibility index (Phi) is 8.53. The first-order valence-corrected chi connectivity index (χ1v) is 12.2. The predicted molar refractivity (Wildman–Crippen MR) is 139 cm³/mol. The van der Waals surface area contributed by atoms with E-state index < -0.39 is 17.5 Å². The van der Waals surface area contributed by atoms with E-state index in [0.717, 1.165) is 0 Å². The van der Waals surface area contributed by atoms with Gasteiger partial charge in [-0.2, -0.15) is 0 Å². The van der Waals surface area contributed by atoms with Crippen LogP contribution in [0, 0.1) is 0 Å². The fraction of sp³-hybridized carbons (Fsp3) is 0.269. The van der Waals surface area contributed by atoms with E-state index in [4.69, 9.17) is 16.3 Å². The monoisotopic (exact) mass is 513 g/mol. The van der Waals surface area contributed by atoms with E-state index in [0.29, 0.717) is 21.9 Å². The molecule has 0 aliphatic heterocycles. The molecular weight excluding hydrogens is 486 g/mol. The molecule has 2 N–H and O–H groups in total. The molecule has 7 nitrogen and oxygen atoms in total. The molecule has 0 aliphatic carbocycles. The lowest BCUT2D eigenvalue weighted by Crippen LogP contribution is -2.51. The lowest BCUT2D eigenvalue weighted by atomic mass is 10.0. The normalized spacial score (nSPS) is 11.9. The van der Waals surface area contributed by atoms with Gasteiger partial charge < -0.3 is 15.4 Å². The second-order valence-electron chi connectivity index (χ2n) is 8.80. The van der Waals surface area contributed by atoms with E-state index in [1.54, 1.807) is 60.0 Å². The zero-order valence-electron chi connectivity index (χ0n) is 20.0. The lowest BCUT2D eigenvalue weighted by Gasteiger charge is -2.34. The van der Waals surface area contributed by atoms with Crippen LogP contribution in [0.2, 0.25) is 5.02 Å². The SMILES string of the molecule is COc1ccc(N(C(=O)CNC(=O)c2cccs2)[C@H](C(=O)NC(C)(C)C)c2ccccc2)cc1Cl. The van der Waals surface area contributed by atoms with E-state index in [2.05, 4.69) is 10.6 Å². The molecule has 1 aromatic heterocycles. The standard InChI is InChI=1S/C26H28ClN3O4S/c1-26(2,3)29-25(33)23(17-9-6-5-7-10-17)30(18-12-13-20(34-4)19(27)15-18)22(31)16-28-24(32)21-11-8-14-35-21/h5-15,23H,16H2,1-4H3,(H,28,32)(H,29,33)/t23-/m0/s1. The summed E-state index contributed by atoms with van der Waals surface area (Å²) in [4.78, 5) is 41.5. The van der Waals surface area contributed by atoms with Gasteiger partial charge in [-0.05, 0) is 56.0 Å². The van der Waals surface area contributed by atoms with Crippen molar-refractivity contribution in [2.24, 2.45) is 0 Å². The summed E-state index contributed by atoms with van der Waals surface area (Å²) < 4.78 is 5.25. The lowest BCUT2D eigenvalue weighted by molar-refractivity contribution is -0.127. The molecule has 2 aromatic carbocycles. The molecule has 0 bridgehead atoms.